The molecule has 1 aliphatic heterocycles. The summed E-state index contributed by atoms with van der Waals surface area (Å²) in [5, 5.41) is 9.63. The van der Waals surface area contributed by atoms with Crippen molar-refractivity contribution in [2.75, 3.05) is 26.8 Å². The maximum atomic E-state index is 12.5. The van der Waals surface area contributed by atoms with Crippen LogP contribution in [0.5, 0.6) is 5.75 Å². The first-order valence-electron chi connectivity index (χ1n) is 6.40. The summed E-state index contributed by atoms with van der Waals surface area (Å²) in [6.45, 7) is 1.39. The second-order valence-electron chi connectivity index (χ2n) is 4.76. The Bertz CT molecular complexity index is 464. The zero-order valence-corrected chi connectivity index (χ0v) is 11.7. The zero-order chi connectivity index (χ0) is 13.8. The Morgan fingerprint density at radius 3 is 3.05 bits per heavy atom. The first kappa shape index (κ1) is 14.2. The van der Waals surface area contributed by atoms with Crippen LogP contribution < -0.4 is 4.74 Å². The van der Waals surface area contributed by atoms with Gasteiger partial charge in [-0.3, -0.25) is 4.79 Å². The number of aliphatic hydroxyl groups is 1. The fraction of sp³-hybridized carbons (Fsp3) is 0.500. The number of methoxy groups -OCH3 is 1. The zero-order valence-electron chi connectivity index (χ0n) is 10.9. The average molecular weight is 284 g/mol. The number of carbonyl (C=O) groups is 1. The summed E-state index contributed by atoms with van der Waals surface area (Å²) in [6.07, 6.45) is 1.86. The predicted molar refractivity (Wildman–Crippen MR) is 73.7 cm³/mol. The highest BCUT2D eigenvalue weighted by Gasteiger charge is 2.27. The van der Waals surface area contributed by atoms with E-state index in [2.05, 4.69) is 0 Å². The Morgan fingerprint density at radius 2 is 2.37 bits per heavy atom. The quantitative estimate of drug-likeness (QED) is 0.925. The normalized spacial score (nSPS) is 19.3. The van der Waals surface area contributed by atoms with Crippen LogP contribution in [0.2, 0.25) is 5.02 Å². The number of ether oxygens (including phenoxy) is 1. The molecule has 2 rings (SSSR count). The first-order chi connectivity index (χ1) is 9.17. The van der Waals surface area contributed by atoms with Crippen LogP contribution in [0, 0.1) is 5.92 Å². The van der Waals surface area contributed by atoms with Crippen LogP contribution in [0.1, 0.15) is 23.2 Å². The van der Waals surface area contributed by atoms with Crippen molar-refractivity contribution in [3.63, 3.8) is 0 Å². The number of halogens is 1. The van der Waals surface area contributed by atoms with Gasteiger partial charge in [-0.15, -0.1) is 0 Å². The molecule has 0 aromatic heterocycles. The van der Waals surface area contributed by atoms with E-state index >= 15 is 0 Å². The summed E-state index contributed by atoms with van der Waals surface area (Å²) >= 11 is 6.12. The van der Waals surface area contributed by atoms with Crippen molar-refractivity contribution in [2.45, 2.75) is 12.8 Å². The molecule has 1 N–H and O–H groups in total. The minimum absolute atomic E-state index is 0.115. The van der Waals surface area contributed by atoms with Crippen molar-refractivity contribution in [3.05, 3.63) is 28.8 Å². The second kappa shape index (κ2) is 6.26. The van der Waals surface area contributed by atoms with Gasteiger partial charge >= 0.3 is 0 Å². The molecule has 19 heavy (non-hydrogen) atoms. The molecule has 0 spiro atoms. The number of hydrogen-bond acceptors (Lipinski definition) is 3. The molecule has 1 saturated heterocycles. The lowest BCUT2D eigenvalue weighted by Crippen LogP contribution is -2.41. The van der Waals surface area contributed by atoms with Crippen LogP contribution in [0.15, 0.2) is 18.2 Å². The molecule has 0 radical (unpaired) electrons. The third-order valence-corrected chi connectivity index (χ3v) is 3.79. The second-order valence-corrected chi connectivity index (χ2v) is 5.17. The molecule has 0 bridgehead atoms. The van der Waals surface area contributed by atoms with Gasteiger partial charge in [0.05, 0.1) is 12.1 Å². The monoisotopic (exact) mass is 283 g/mol. The van der Waals surface area contributed by atoms with Crippen molar-refractivity contribution in [3.8, 4) is 5.75 Å². The summed E-state index contributed by atoms with van der Waals surface area (Å²) in [5.74, 6) is 0.524. The molecule has 4 nitrogen and oxygen atoms in total. The van der Waals surface area contributed by atoms with E-state index in [4.69, 9.17) is 16.3 Å². The Hall–Kier alpha value is -1.26. The molecular weight excluding hydrogens is 266 g/mol. The summed E-state index contributed by atoms with van der Waals surface area (Å²) in [4.78, 5) is 14.3. The van der Waals surface area contributed by atoms with E-state index in [1.54, 1.807) is 23.1 Å². The van der Waals surface area contributed by atoms with E-state index in [1.807, 2.05) is 0 Å². The number of benzene rings is 1. The largest absolute Gasteiger partial charge is 0.496 e. The molecule has 1 aromatic rings. The molecule has 1 atom stereocenters. The van der Waals surface area contributed by atoms with Gasteiger partial charge in [0, 0.05) is 19.7 Å². The van der Waals surface area contributed by atoms with Crippen molar-refractivity contribution >= 4 is 17.5 Å². The Morgan fingerprint density at radius 1 is 1.58 bits per heavy atom. The number of aliphatic hydroxyl groups excluding tert-OH is 1. The minimum Gasteiger partial charge on any atom is -0.496 e. The number of hydrogen-bond donors (Lipinski definition) is 1. The third kappa shape index (κ3) is 3.01. The summed E-state index contributed by atoms with van der Waals surface area (Å²) in [6, 6.07) is 5.17. The number of nitrogens with zero attached hydrogens (tertiary/aromatic N) is 1. The first-order valence-corrected chi connectivity index (χ1v) is 6.77. The standard InChI is InChI=1S/C14H18ClNO3/c1-19-12-6-2-5-11(15)13(12)14(18)16-7-3-4-10(8-16)9-17/h2,5-6,10,17H,3-4,7-9H2,1H3. The van der Waals surface area contributed by atoms with Gasteiger partial charge in [0.25, 0.3) is 5.91 Å². The highest BCUT2D eigenvalue weighted by atomic mass is 35.5. The minimum atomic E-state index is -0.124. The fourth-order valence-corrected chi connectivity index (χ4v) is 2.69. The maximum absolute atomic E-state index is 12.5. The molecule has 104 valence electrons. The number of rotatable bonds is 3. The summed E-state index contributed by atoms with van der Waals surface area (Å²) in [5.41, 5.74) is 0.408. The summed E-state index contributed by atoms with van der Waals surface area (Å²) < 4.78 is 5.21. The van der Waals surface area contributed by atoms with Gasteiger partial charge in [-0.1, -0.05) is 17.7 Å². The smallest absolute Gasteiger partial charge is 0.259 e. The molecule has 0 aliphatic carbocycles. The Kier molecular flexibility index (Phi) is 4.66. The SMILES string of the molecule is COc1cccc(Cl)c1C(=O)N1CCCC(CO)C1. The molecule has 5 heteroatoms. The lowest BCUT2D eigenvalue weighted by Gasteiger charge is -2.32. The average Bonchev–Trinajstić information content (AvgIpc) is 2.46. The van der Waals surface area contributed by atoms with Crippen LogP contribution in [0.4, 0.5) is 0 Å². The van der Waals surface area contributed by atoms with E-state index in [-0.39, 0.29) is 18.4 Å². The molecule has 1 amide bonds. The van der Waals surface area contributed by atoms with Crippen LogP contribution >= 0.6 is 11.6 Å². The van der Waals surface area contributed by atoms with Crippen molar-refractivity contribution in [2.24, 2.45) is 5.92 Å². The van der Waals surface area contributed by atoms with E-state index in [0.29, 0.717) is 29.4 Å². The van der Waals surface area contributed by atoms with Gasteiger partial charge in [0.15, 0.2) is 0 Å². The van der Waals surface area contributed by atoms with Crippen molar-refractivity contribution in [1.29, 1.82) is 0 Å². The topological polar surface area (TPSA) is 49.8 Å². The van der Waals surface area contributed by atoms with E-state index in [0.717, 1.165) is 12.8 Å². The number of likely N-dealkylation sites (tertiary alicyclic amines) is 1. The maximum Gasteiger partial charge on any atom is 0.259 e. The van der Waals surface area contributed by atoms with E-state index in [1.165, 1.54) is 7.11 Å². The van der Waals surface area contributed by atoms with Gasteiger partial charge in [-0.05, 0) is 30.9 Å². The van der Waals surface area contributed by atoms with Gasteiger partial charge in [-0.2, -0.15) is 0 Å². The lowest BCUT2D eigenvalue weighted by atomic mass is 9.98. The number of carbonyl (C=O) groups excluding carboxylic acids is 1. The molecule has 1 heterocycles. The van der Waals surface area contributed by atoms with E-state index in [9.17, 15) is 9.90 Å². The number of amides is 1. The van der Waals surface area contributed by atoms with Crippen molar-refractivity contribution in [1.82, 2.24) is 4.90 Å². The fourth-order valence-electron chi connectivity index (χ4n) is 2.44. The molecule has 0 saturated carbocycles. The van der Waals surface area contributed by atoms with Crippen LogP contribution in [-0.2, 0) is 0 Å². The predicted octanol–water partition coefficient (Wildman–Crippen LogP) is 2.19. The third-order valence-electron chi connectivity index (χ3n) is 3.47. The van der Waals surface area contributed by atoms with Crippen molar-refractivity contribution < 1.29 is 14.6 Å². The van der Waals surface area contributed by atoms with Gasteiger partial charge in [0.1, 0.15) is 11.3 Å². The Balaban J connectivity index is 2.24. The highest BCUT2D eigenvalue weighted by molar-refractivity contribution is 6.34. The molecular formula is C14H18ClNO3. The van der Waals surface area contributed by atoms with Crippen LogP contribution in [-0.4, -0.2) is 42.7 Å². The molecule has 1 aromatic carbocycles. The van der Waals surface area contributed by atoms with Crippen LogP contribution in [0.3, 0.4) is 0 Å². The molecule has 1 unspecified atom stereocenters. The van der Waals surface area contributed by atoms with Gasteiger partial charge in [0.2, 0.25) is 0 Å². The molecule has 1 aliphatic rings. The van der Waals surface area contributed by atoms with Crippen LogP contribution in [0.25, 0.3) is 0 Å². The van der Waals surface area contributed by atoms with Gasteiger partial charge in [-0.25, -0.2) is 0 Å². The lowest BCUT2D eigenvalue weighted by molar-refractivity contribution is 0.0618. The Labute approximate surface area is 117 Å². The van der Waals surface area contributed by atoms with E-state index < -0.39 is 0 Å². The number of piperidine rings is 1. The highest BCUT2D eigenvalue weighted by Crippen LogP contribution is 2.29. The van der Waals surface area contributed by atoms with Gasteiger partial charge < -0.3 is 14.7 Å². The summed E-state index contributed by atoms with van der Waals surface area (Å²) in [7, 11) is 1.52. The molecule has 1 fully saturated rings.